The van der Waals surface area contributed by atoms with Crippen LogP contribution in [-0.4, -0.2) is 54.5 Å². The number of aromatic nitrogens is 2. The zero-order chi connectivity index (χ0) is 19.3. The molecule has 0 unspecified atom stereocenters. The summed E-state index contributed by atoms with van der Waals surface area (Å²) in [5.74, 6) is 1.65. The predicted molar refractivity (Wildman–Crippen MR) is 108 cm³/mol. The molecule has 1 aliphatic heterocycles. The smallest absolute Gasteiger partial charge is 0.258 e. The van der Waals surface area contributed by atoms with Crippen LogP contribution in [-0.2, 0) is 4.74 Å². The number of halogens is 1. The third-order valence-electron chi connectivity index (χ3n) is 4.76. The number of rotatable bonds is 6. The lowest BCUT2D eigenvalue weighted by atomic mass is 10.1. The maximum atomic E-state index is 6.41. The number of hydrogen-bond donors (Lipinski definition) is 0. The molecule has 6 nitrogen and oxygen atoms in total. The van der Waals surface area contributed by atoms with Gasteiger partial charge in [0, 0.05) is 30.8 Å². The van der Waals surface area contributed by atoms with Crippen LogP contribution >= 0.6 is 11.6 Å². The third kappa shape index (κ3) is 4.35. The van der Waals surface area contributed by atoms with E-state index in [1.807, 2.05) is 43.3 Å². The van der Waals surface area contributed by atoms with Crippen molar-refractivity contribution in [2.45, 2.75) is 6.92 Å². The Balaban J connectivity index is 1.42. The highest BCUT2D eigenvalue weighted by Crippen LogP contribution is 2.30. The molecule has 0 amide bonds. The van der Waals surface area contributed by atoms with E-state index in [1.165, 1.54) is 0 Å². The molecule has 0 atom stereocenters. The molecular weight excluding hydrogens is 378 g/mol. The van der Waals surface area contributed by atoms with E-state index >= 15 is 0 Å². The molecule has 1 aromatic heterocycles. The maximum absolute atomic E-state index is 6.41. The second-order valence-corrected chi connectivity index (χ2v) is 7.09. The standard InChI is InChI=1S/C21H22ClN3O3/c1-15-4-2-3-5-17(15)21-23-20(24-28-21)16-6-7-19(18(22)14-16)27-13-10-25-8-11-26-12-9-25/h2-7,14H,8-13H2,1H3. The van der Waals surface area contributed by atoms with Crippen LogP contribution in [0.4, 0.5) is 0 Å². The van der Waals surface area contributed by atoms with Crippen molar-refractivity contribution in [2.24, 2.45) is 0 Å². The molecule has 1 fully saturated rings. The molecule has 3 aromatic rings. The number of benzene rings is 2. The summed E-state index contributed by atoms with van der Waals surface area (Å²) < 4.78 is 16.6. The Morgan fingerprint density at radius 3 is 2.75 bits per heavy atom. The lowest BCUT2D eigenvalue weighted by Gasteiger charge is -2.26. The largest absolute Gasteiger partial charge is 0.491 e. The van der Waals surface area contributed by atoms with Gasteiger partial charge in [-0.25, -0.2) is 0 Å². The fourth-order valence-corrected chi connectivity index (χ4v) is 3.36. The average Bonchev–Trinajstić information content (AvgIpc) is 3.20. The molecule has 1 aliphatic rings. The summed E-state index contributed by atoms with van der Waals surface area (Å²) in [6.45, 7) is 6.90. The molecule has 0 saturated carbocycles. The van der Waals surface area contributed by atoms with Crippen LogP contribution in [0.15, 0.2) is 47.0 Å². The van der Waals surface area contributed by atoms with Crippen LogP contribution in [0.2, 0.25) is 5.02 Å². The maximum Gasteiger partial charge on any atom is 0.258 e. The number of aryl methyl sites for hydroxylation is 1. The van der Waals surface area contributed by atoms with E-state index in [0.717, 1.165) is 49.5 Å². The topological polar surface area (TPSA) is 60.6 Å². The molecule has 146 valence electrons. The first-order chi connectivity index (χ1) is 13.7. The Labute approximate surface area is 169 Å². The lowest BCUT2D eigenvalue weighted by Crippen LogP contribution is -2.38. The Hall–Kier alpha value is -2.41. The van der Waals surface area contributed by atoms with Crippen molar-refractivity contribution in [3.63, 3.8) is 0 Å². The van der Waals surface area contributed by atoms with E-state index in [1.54, 1.807) is 6.07 Å². The summed E-state index contributed by atoms with van der Waals surface area (Å²) in [7, 11) is 0. The van der Waals surface area contributed by atoms with Gasteiger partial charge in [-0.2, -0.15) is 4.98 Å². The minimum absolute atomic E-state index is 0.495. The number of morpholine rings is 1. The molecule has 0 spiro atoms. The first-order valence-corrected chi connectivity index (χ1v) is 9.71. The summed E-state index contributed by atoms with van der Waals surface area (Å²) in [6, 6.07) is 13.4. The molecule has 2 heterocycles. The predicted octanol–water partition coefficient (Wildman–Crippen LogP) is 4.08. The van der Waals surface area contributed by atoms with Crippen LogP contribution in [0.5, 0.6) is 5.75 Å². The highest BCUT2D eigenvalue weighted by Gasteiger charge is 2.14. The summed E-state index contributed by atoms with van der Waals surface area (Å²) in [5.41, 5.74) is 2.80. The highest BCUT2D eigenvalue weighted by molar-refractivity contribution is 6.32. The number of nitrogens with zero attached hydrogens (tertiary/aromatic N) is 3. The minimum atomic E-state index is 0.495. The van der Waals surface area contributed by atoms with Crippen LogP contribution in [0.3, 0.4) is 0 Å². The first kappa shape index (κ1) is 18.9. The van der Waals surface area contributed by atoms with Gasteiger partial charge in [0.25, 0.3) is 5.89 Å². The Kier molecular flexibility index (Phi) is 5.90. The van der Waals surface area contributed by atoms with Gasteiger partial charge in [-0.15, -0.1) is 0 Å². The van der Waals surface area contributed by atoms with Gasteiger partial charge in [0.05, 0.1) is 18.2 Å². The van der Waals surface area contributed by atoms with E-state index < -0.39 is 0 Å². The number of hydrogen-bond acceptors (Lipinski definition) is 6. The second-order valence-electron chi connectivity index (χ2n) is 6.69. The zero-order valence-corrected chi connectivity index (χ0v) is 16.5. The van der Waals surface area contributed by atoms with Gasteiger partial charge in [0.15, 0.2) is 0 Å². The monoisotopic (exact) mass is 399 g/mol. The molecule has 0 aliphatic carbocycles. The molecule has 1 saturated heterocycles. The van der Waals surface area contributed by atoms with Gasteiger partial charge in [0.1, 0.15) is 12.4 Å². The number of ether oxygens (including phenoxy) is 2. The van der Waals surface area contributed by atoms with Crippen LogP contribution in [0.25, 0.3) is 22.8 Å². The van der Waals surface area contributed by atoms with E-state index in [0.29, 0.717) is 29.1 Å². The van der Waals surface area contributed by atoms with E-state index in [4.69, 9.17) is 25.6 Å². The molecule has 0 N–H and O–H groups in total. The normalized spacial score (nSPS) is 14.9. The van der Waals surface area contributed by atoms with Crippen LogP contribution < -0.4 is 4.74 Å². The molecule has 7 heteroatoms. The summed E-state index contributed by atoms with van der Waals surface area (Å²) in [4.78, 5) is 6.83. The molecule has 28 heavy (non-hydrogen) atoms. The average molecular weight is 400 g/mol. The van der Waals surface area contributed by atoms with E-state index in [-0.39, 0.29) is 0 Å². The Morgan fingerprint density at radius 2 is 1.96 bits per heavy atom. The van der Waals surface area contributed by atoms with Gasteiger partial charge in [0.2, 0.25) is 5.82 Å². The summed E-state index contributed by atoms with van der Waals surface area (Å²) >= 11 is 6.41. The zero-order valence-electron chi connectivity index (χ0n) is 15.7. The van der Waals surface area contributed by atoms with Crippen molar-refractivity contribution in [3.8, 4) is 28.6 Å². The van der Waals surface area contributed by atoms with Gasteiger partial charge >= 0.3 is 0 Å². The molecule has 0 bridgehead atoms. The Morgan fingerprint density at radius 1 is 1.14 bits per heavy atom. The molecule has 4 rings (SSSR count). The van der Waals surface area contributed by atoms with E-state index in [2.05, 4.69) is 15.0 Å². The molecule has 2 aromatic carbocycles. The minimum Gasteiger partial charge on any atom is -0.491 e. The van der Waals surface area contributed by atoms with Gasteiger partial charge < -0.3 is 14.0 Å². The van der Waals surface area contributed by atoms with Gasteiger partial charge in [-0.05, 0) is 36.8 Å². The van der Waals surface area contributed by atoms with Crippen molar-refractivity contribution in [1.29, 1.82) is 0 Å². The van der Waals surface area contributed by atoms with Gasteiger partial charge in [-0.1, -0.05) is 35.0 Å². The fourth-order valence-electron chi connectivity index (χ4n) is 3.13. The van der Waals surface area contributed by atoms with E-state index in [9.17, 15) is 0 Å². The SMILES string of the molecule is Cc1ccccc1-c1nc(-c2ccc(OCCN3CCOCC3)c(Cl)c2)no1. The lowest BCUT2D eigenvalue weighted by molar-refractivity contribution is 0.0322. The highest BCUT2D eigenvalue weighted by atomic mass is 35.5. The first-order valence-electron chi connectivity index (χ1n) is 9.33. The van der Waals surface area contributed by atoms with Crippen molar-refractivity contribution >= 4 is 11.6 Å². The quantitative estimate of drug-likeness (QED) is 0.622. The van der Waals surface area contributed by atoms with Gasteiger partial charge in [-0.3, -0.25) is 4.90 Å². The van der Waals surface area contributed by atoms with Crippen LogP contribution in [0, 0.1) is 6.92 Å². The summed E-state index contributed by atoms with van der Waals surface area (Å²) in [6.07, 6.45) is 0. The van der Waals surface area contributed by atoms with Crippen molar-refractivity contribution in [2.75, 3.05) is 39.5 Å². The van der Waals surface area contributed by atoms with Crippen molar-refractivity contribution in [1.82, 2.24) is 15.0 Å². The Bertz CT molecular complexity index is 938. The third-order valence-corrected chi connectivity index (χ3v) is 5.06. The van der Waals surface area contributed by atoms with Crippen molar-refractivity contribution in [3.05, 3.63) is 53.1 Å². The summed E-state index contributed by atoms with van der Waals surface area (Å²) in [5, 5.41) is 4.62. The second kappa shape index (κ2) is 8.73. The van der Waals surface area contributed by atoms with Crippen LogP contribution in [0.1, 0.15) is 5.56 Å². The van der Waals surface area contributed by atoms with Crippen molar-refractivity contribution < 1.29 is 14.0 Å². The molecular formula is C21H22ClN3O3. The fraction of sp³-hybridized carbons (Fsp3) is 0.333. The molecule has 0 radical (unpaired) electrons.